The van der Waals surface area contributed by atoms with Crippen molar-refractivity contribution >= 4 is 5.91 Å². The summed E-state index contributed by atoms with van der Waals surface area (Å²) in [5.74, 6) is 0.260. The Morgan fingerprint density at radius 3 is 2.57 bits per heavy atom. The fourth-order valence-electron chi connectivity index (χ4n) is 1.61. The molecule has 0 aliphatic carbocycles. The molecule has 14 heavy (non-hydrogen) atoms. The van der Waals surface area contributed by atoms with E-state index >= 15 is 0 Å². The van der Waals surface area contributed by atoms with Crippen molar-refractivity contribution in [3.05, 3.63) is 0 Å². The van der Waals surface area contributed by atoms with E-state index < -0.39 is 0 Å². The van der Waals surface area contributed by atoms with Crippen LogP contribution in [0, 0.1) is 0 Å². The fraction of sp³-hybridized carbons (Fsp3) is 0.900. The minimum absolute atomic E-state index is 0.0121. The number of hydrogen-bond donors (Lipinski definition) is 1. The van der Waals surface area contributed by atoms with Crippen LogP contribution in [0.15, 0.2) is 0 Å². The summed E-state index contributed by atoms with van der Waals surface area (Å²) >= 11 is 0. The van der Waals surface area contributed by atoms with Gasteiger partial charge in [0.1, 0.15) is 0 Å². The zero-order valence-electron chi connectivity index (χ0n) is 9.42. The molecule has 0 radical (unpaired) electrons. The molecule has 1 aliphatic heterocycles. The van der Waals surface area contributed by atoms with Crippen LogP contribution in [-0.4, -0.2) is 61.5 Å². The van der Waals surface area contributed by atoms with Gasteiger partial charge in [-0.05, 0) is 20.5 Å². The third kappa shape index (κ3) is 2.69. The van der Waals surface area contributed by atoms with Crippen LogP contribution in [0.2, 0.25) is 0 Å². The molecule has 82 valence electrons. The molecule has 0 saturated carbocycles. The highest BCUT2D eigenvalue weighted by molar-refractivity contribution is 5.81. The van der Waals surface area contributed by atoms with Gasteiger partial charge in [0.25, 0.3) is 0 Å². The van der Waals surface area contributed by atoms with E-state index in [1.165, 1.54) is 0 Å². The number of hydrogen-bond acceptors (Lipinski definition) is 3. The minimum atomic E-state index is 0.0121. The van der Waals surface area contributed by atoms with E-state index in [4.69, 9.17) is 0 Å². The second kappa shape index (κ2) is 5.32. The van der Waals surface area contributed by atoms with Gasteiger partial charge in [0.2, 0.25) is 5.91 Å². The summed E-state index contributed by atoms with van der Waals surface area (Å²) in [5.41, 5.74) is 0. The highest BCUT2D eigenvalue weighted by atomic mass is 16.2. The normalized spacial score (nSPS) is 19.9. The van der Waals surface area contributed by atoms with Gasteiger partial charge in [-0.1, -0.05) is 6.92 Å². The van der Waals surface area contributed by atoms with Crippen LogP contribution in [0.1, 0.15) is 13.8 Å². The zero-order valence-corrected chi connectivity index (χ0v) is 9.42. The van der Waals surface area contributed by atoms with Gasteiger partial charge in [0, 0.05) is 26.2 Å². The van der Waals surface area contributed by atoms with E-state index in [0.717, 1.165) is 32.7 Å². The number of nitrogens with zero attached hydrogens (tertiary/aromatic N) is 2. The molecule has 1 unspecified atom stereocenters. The Morgan fingerprint density at radius 1 is 1.50 bits per heavy atom. The number of carbonyl (C=O) groups is 1. The zero-order chi connectivity index (χ0) is 10.6. The highest BCUT2D eigenvalue weighted by Crippen LogP contribution is 2.02. The summed E-state index contributed by atoms with van der Waals surface area (Å²) in [7, 11) is 1.99. The largest absolute Gasteiger partial charge is 0.339 e. The van der Waals surface area contributed by atoms with Gasteiger partial charge in [0.05, 0.1) is 6.04 Å². The first-order valence-electron chi connectivity index (χ1n) is 5.36. The number of piperazine rings is 1. The topological polar surface area (TPSA) is 35.6 Å². The molecule has 1 saturated heterocycles. The SMILES string of the molecule is CCN(C)C(C)C(=O)N1CCNCC1. The van der Waals surface area contributed by atoms with E-state index in [2.05, 4.69) is 17.1 Å². The smallest absolute Gasteiger partial charge is 0.239 e. The van der Waals surface area contributed by atoms with Crippen LogP contribution >= 0.6 is 0 Å². The molecule has 0 aromatic carbocycles. The minimum Gasteiger partial charge on any atom is -0.339 e. The molecule has 0 spiro atoms. The van der Waals surface area contributed by atoms with Crippen LogP contribution < -0.4 is 5.32 Å². The summed E-state index contributed by atoms with van der Waals surface area (Å²) in [5, 5.41) is 3.24. The molecular weight excluding hydrogens is 178 g/mol. The lowest BCUT2D eigenvalue weighted by Crippen LogP contribution is -2.52. The van der Waals surface area contributed by atoms with E-state index in [-0.39, 0.29) is 11.9 Å². The molecule has 1 aliphatic rings. The molecule has 4 heteroatoms. The number of likely N-dealkylation sites (N-methyl/N-ethyl adjacent to an activating group) is 1. The van der Waals surface area contributed by atoms with Crippen molar-refractivity contribution in [2.24, 2.45) is 0 Å². The third-order valence-corrected chi connectivity index (χ3v) is 2.95. The maximum absolute atomic E-state index is 12.0. The summed E-state index contributed by atoms with van der Waals surface area (Å²) in [6, 6.07) is 0.0121. The Hall–Kier alpha value is -0.610. The van der Waals surface area contributed by atoms with Crippen LogP contribution in [0.4, 0.5) is 0 Å². The second-order valence-corrected chi connectivity index (χ2v) is 3.82. The first kappa shape index (κ1) is 11.5. The van der Waals surface area contributed by atoms with E-state index in [1.54, 1.807) is 0 Å². The summed E-state index contributed by atoms with van der Waals surface area (Å²) in [6.07, 6.45) is 0. The molecule has 0 aromatic heterocycles. The van der Waals surface area contributed by atoms with Gasteiger partial charge >= 0.3 is 0 Å². The molecular formula is C10H21N3O. The first-order valence-corrected chi connectivity index (χ1v) is 5.36. The van der Waals surface area contributed by atoms with Crippen LogP contribution in [0.5, 0.6) is 0 Å². The molecule has 1 atom stereocenters. The standard InChI is InChI=1S/C10H21N3O/c1-4-12(3)9(2)10(14)13-7-5-11-6-8-13/h9,11H,4-8H2,1-3H3. The van der Waals surface area contributed by atoms with Crippen molar-refractivity contribution in [1.29, 1.82) is 0 Å². The summed E-state index contributed by atoms with van der Waals surface area (Å²) < 4.78 is 0. The van der Waals surface area contributed by atoms with Gasteiger partial charge in [-0.2, -0.15) is 0 Å². The molecule has 0 aromatic rings. The van der Waals surface area contributed by atoms with Crippen LogP contribution in [-0.2, 0) is 4.79 Å². The lowest BCUT2D eigenvalue weighted by Gasteiger charge is -2.32. The van der Waals surface area contributed by atoms with Gasteiger partial charge < -0.3 is 10.2 Å². The van der Waals surface area contributed by atoms with E-state index in [1.807, 2.05) is 18.9 Å². The lowest BCUT2D eigenvalue weighted by atomic mass is 10.2. The average molecular weight is 199 g/mol. The van der Waals surface area contributed by atoms with E-state index in [0.29, 0.717) is 0 Å². The van der Waals surface area contributed by atoms with Crippen molar-refractivity contribution in [1.82, 2.24) is 15.1 Å². The van der Waals surface area contributed by atoms with Gasteiger partial charge in [0.15, 0.2) is 0 Å². The number of rotatable bonds is 3. The first-order chi connectivity index (χ1) is 6.66. The van der Waals surface area contributed by atoms with Gasteiger partial charge in [-0.15, -0.1) is 0 Å². The fourth-order valence-corrected chi connectivity index (χ4v) is 1.61. The Labute approximate surface area is 86.2 Å². The van der Waals surface area contributed by atoms with Crippen molar-refractivity contribution in [3.8, 4) is 0 Å². The molecule has 4 nitrogen and oxygen atoms in total. The van der Waals surface area contributed by atoms with Crippen molar-refractivity contribution in [3.63, 3.8) is 0 Å². The number of carbonyl (C=O) groups excluding carboxylic acids is 1. The number of amides is 1. The third-order valence-electron chi connectivity index (χ3n) is 2.95. The maximum atomic E-state index is 12.0. The molecule has 1 N–H and O–H groups in total. The highest BCUT2D eigenvalue weighted by Gasteiger charge is 2.23. The molecule has 1 heterocycles. The van der Waals surface area contributed by atoms with Crippen LogP contribution in [0.25, 0.3) is 0 Å². The Bertz CT molecular complexity index is 186. The predicted octanol–water partition coefficient (Wildman–Crippen LogP) is -0.242. The monoisotopic (exact) mass is 199 g/mol. The Morgan fingerprint density at radius 2 is 2.07 bits per heavy atom. The molecule has 1 rings (SSSR count). The second-order valence-electron chi connectivity index (χ2n) is 3.82. The molecule has 0 bridgehead atoms. The van der Waals surface area contributed by atoms with Gasteiger partial charge in [-0.25, -0.2) is 0 Å². The van der Waals surface area contributed by atoms with Crippen molar-refractivity contribution in [2.45, 2.75) is 19.9 Å². The van der Waals surface area contributed by atoms with Crippen molar-refractivity contribution < 1.29 is 4.79 Å². The summed E-state index contributed by atoms with van der Waals surface area (Å²) in [6.45, 7) is 8.51. The quantitative estimate of drug-likeness (QED) is 0.681. The lowest BCUT2D eigenvalue weighted by molar-refractivity contribution is -0.136. The average Bonchev–Trinajstić information content (AvgIpc) is 2.27. The van der Waals surface area contributed by atoms with Crippen LogP contribution in [0.3, 0.4) is 0 Å². The predicted molar refractivity (Wildman–Crippen MR) is 57.2 cm³/mol. The Balaban J connectivity index is 2.46. The van der Waals surface area contributed by atoms with Gasteiger partial charge in [-0.3, -0.25) is 9.69 Å². The van der Waals surface area contributed by atoms with E-state index in [9.17, 15) is 4.79 Å². The molecule has 1 fully saturated rings. The summed E-state index contributed by atoms with van der Waals surface area (Å²) in [4.78, 5) is 16.0. The maximum Gasteiger partial charge on any atom is 0.239 e. The molecule has 1 amide bonds. The van der Waals surface area contributed by atoms with Crippen molar-refractivity contribution in [2.75, 3.05) is 39.8 Å². The Kier molecular flexibility index (Phi) is 4.35. The number of nitrogens with one attached hydrogen (secondary N) is 1.